The van der Waals surface area contributed by atoms with Crippen LogP contribution < -0.4 is 10.1 Å². The van der Waals surface area contributed by atoms with E-state index in [1.54, 1.807) is 12.1 Å². The van der Waals surface area contributed by atoms with Crippen molar-refractivity contribution in [1.29, 1.82) is 0 Å². The average molecular weight is 572 g/mol. The second kappa shape index (κ2) is 12.1. The van der Waals surface area contributed by atoms with Crippen LogP contribution in [0.15, 0.2) is 58.3 Å². The molecule has 2 saturated heterocycles. The van der Waals surface area contributed by atoms with E-state index in [0.29, 0.717) is 56.5 Å². The van der Waals surface area contributed by atoms with E-state index in [1.807, 2.05) is 0 Å². The van der Waals surface area contributed by atoms with Gasteiger partial charge in [0.05, 0.1) is 35.5 Å². The van der Waals surface area contributed by atoms with Crippen LogP contribution in [-0.4, -0.2) is 83.9 Å². The van der Waals surface area contributed by atoms with E-state index >= 15 is 0 Å². The minimum atomic E-state index is -3.71. The fraction of sp³-hybridized carbons (Fsp3) is 0.458. The number of carbonyl (C=O) groups excluding carboxylic acids is 1. The van der Waals surface area contributed by atoms with Crippen molar-refractivity contribution < 1.29 is 31.1 Å². The largest absolute Gasteiger partial charge is 0.492 e. The third-order valence-electron chi connectivity index (χ3n) is 6.31. The number of halogens is 1. The summed E-state index contributed by atoms with van der Waals surface area (Å²) in [5.74, 6) is -0.208. The lowest BCUT2D eigenvalue weighted by Crippen LogP contribution is -2.45. The van der Waals surface area contributed by atoms with Crippen LogP contribution in [0.4, 0.5) is 0 Å². The fourth-order valence-electron chi connectivity index (χ4n) is 4.26. The number of nitrogens with one attached hydrogen (secondary N) is 1. The summed E-state index contributed by atoms with van der Waals surface area (Å²) < 4.78 is 64.9. The molecule has 2 heterocycles. The number of nitrogens with zero attached hydrogens (tertiary/aromatic N) is 2. The quantitative estimate of drug-likeness (QED) is 0.456. The van der Waals surface area contributed by atoms with Crippen LogP contribution in [0.5, 0.6) is 5.75 Å². The molecule has 2 fully saturated rings. The molecule has 202 valence electrons. The highest BCUT2D eigenvalue weighted by Gasteiger charge is 2.33. The van der Waals surface area contributed by atoms with Crippen molar-refractivity contribution in [3.8, 4) is 5.75 Å². The van der Waals surface area contributed by atoms with Gasteiger partial charge in [0.2, 0.25) is 26.0 Å². The molecule has 13 heteroatoms. The lowest BCUT2D eigenvalue weighted by Gasteiger charge is -2.31. The van der Waals surface area contributed by atoms with Gasteiger partial charge in [-0.25, -0.2) is 16.8 Å². The SMILES string of the molecule is O=C(NCCOc1ccc(S(=O)(=O)N2CCOCC2)cc1)[C@@H]1CCCN(S(=O)(=O)c2ccc(Cl)cc2)C1. The van der Waals surface area contributed by atoms with E-state index in [0.717, 1.165) is 0 Å². The van der Waals surface area contributed by atoms with Crippen molar-refractivity contribution in [2.45, 2.75) is 22.6 Å². The van der Waals surface area contributed by atoms with Crippen LogP contribution in [0.25, 0.3) is 0 Å². The van der Waals surface area contributed by atoms with Gasteiger partial charge in [-0.2, -0.15) is 8.61 Å². The van der Waals surface area contributed by atoms with Crippen molar-refractivity contribution in [1.82, 2.24) is 13.9 Å². The third kappa shape index (κ3) is 6.81. The van der Waals surface area contributed by atoms with Gasteiger partial charge in [-0.05, 0) is 61.4 Å². The highest BCUT2D eigenvalue weighted by Crippen LogP contribution is 2.25. The van der Waals surface area contributed by atoms with Gasteiger partial charge in [-0.3, -0.25) is 4.79 Å². The zero-order chi connectivity index (χ0) is 26.5. The predicted octanol–water partition coefficient (Wildman–Crippen LogP) is 1.96. The van der Waals surface area contributed by atoms with E-state index in [4.69, 9.17) is 21.1 Å². The number of ether oxygens (including phenoxy) is 2. The minimum absolute atomic E-state index is 0.108. The Hall–Kier alpha value is -2.22. The monoisotopic (exact) mass is 571 g/mol. The van der Waals surface area contributed by atoms with E-state index < -0.39 is 26.0 Å². The number of amides is 1. The molecule has 2 aromatic carbocycles. The first-order chi connectivity index (χ1) is 17.7. The van der Waals surface area contributed by atoms with E-state index in [1.165, 1.54) is 45.0 Å². The summed E-state index contributed by atoms with van der Waals surface area (Å²) in [6.07, 6.45) is 1.18. The van der Waals surface area contributed by atoms with Gasteiger partial charge in [-0.1, -0.05) is 11.6 Å². The fourth-order valence-corrected chi connectivity index (χ4v) is 7.32. The van der Waals surface area contributed by atoms with Gasteiger partial charge in [0.1, 0.15) is 12.4 Å². The normalized spacial score (nSPS) is 19.9. The molecule has 37 heavy (non-hydrogen) atoms. The Morgan fingerprint density at radius 2 is 1.51 bits per heavy atom. The third-order valence-corrected chi connectivity index (χ3v) is 10.4. The molecule has 2 aromatic rings. The van der Waals surface area contributed by atoms with E-state index in [2.05, 4.69) is 5.32 Å². The van der Waals surface area contributed by atoms with Crippen LogP contribution in [0.2, 0.25) is 5.02 Å². The first kappa shape index (κ1) is 27.8. The second-order valence-electron chi connectivity index (χ2n) is 8.78. The summed E-state index contributed by atoms with van der Waals surface area (Å²) in [6.45, 7) is 2.28. The maximum absolute atomic E-state index is 12.9. The molecular weight excluding hydrogens is 542 g/mol. The van der Waals surface area contributed by atoms with Crippen molar-refractivity contribution in [2.24, 2.45) is 5.92 Å². The number of morpholine rings is 1. The minimum Gasteiger partial charge on any atom is -0.492 e. The Balaban J connectivity index is 1.24. The van der Waals surface area contributed by atoms with Gasteiger partial charge in [-0.15, -0.1) is 0 Å². The lowest BCUT2D eigenvalue weighted by molar-refractivity contribution is -0.126. The van der Waals surface area contributed by atoms with E-state index in [9.17, 15) is 21.6 Å². The van der Waals surface area contributed by atoms with Crippen LogP contribution in [0, 0.1) is 5.92 Å². The molecule has 1 atom stereocenters. The topological polar surface area (TPSA) is 122 Å². The second-order valence-corrected chi connectivity index (χ2v) is 13.1. The molecule has 0 aromatic heterocycles. The maximum Gasteiger partial charge on any atom is 0.243 e. The molecule has 0 unspecified atom stereocenters. The molecule has 2 aliphatic heterocycles. The Bertz CT molecular complexity index is 1280. The number of hydrogen-bond donors (Lipinski definition) is 1. The number of rotatable bonds is 9. The number of carbonyl (C=O) groups is 1. The Kier molecular flexibility index (Phi) is 9.09. The van der Waals surface area contributed by atoms with Crippen molar-refractivity contribution in [2.75, 3.05) is 52.5 Å². The lowest BCUT2D eigenvalue weighted by atomic mass is 9.99. The molecule has 1 amide bonds. The van der Waals surface area contributed by atoms with Crippen LogP contribution >= 0.6 is 11.6 Å². The summed E-state index contributed by atoms with van der Waals surface area (Å²) in [5, 5.41) is 3.25. The molecule has 4 rings (SSSR count). The van der Waals surface area contributed by atoms with Gasteiger partial charge in [0.15, 0.2) is 0 Å². The Morgan fingerprint density at radius 3 is 2.16 bits per heavy atom. The summed E-state index contributed by atoms with van der Waals surface area (Å²) >= 11 is 5.86. The standard InChI is InChI=1S/C24H30ClN3O7S2/c25-20-3-7-22(8-4-20)37(32,33)28-12-1-2-19(18-28)24(29)26-11-15-35-21-5-9-23(10-6-21)36(30,31)27-13-16-34-17-14-27/h3-10,19H,1-2,11-18H2,(H,26,29)/t19-/m1/s1. The number of hydrogen-bond acceptors (Lipinski definition) is 7. The molecule has 10 nitrogen and oxygen atoms in total. The zero-order valence-corrected chi connectivity index (χ0v) is 22.6. The smallest absolute Gasteiger partial charge is 0.243 e. The zero-order valence-electron chi connectivity index (χ0n) is 20.2. The molecule has 0 radical (unpaired) electrons. The maximum atomic E-state index is 12.9. The van der Waals surface area contributed by atoms with Gasteiger partial charge in [0, 0.05) is 31.2 Å². The summed E-state index contributed by atoms with van der Waals surface area (Å²) in [5.41, 5.74) is 0. The average Bonchev–Trinajstić information content (AvgIpc) is 2.92. The first-order valence-corrected chi connectivity index (χ1v) is 15.3. The number of sulfonamides is 2. The van der Waals surface area contributed by atoms with Gasteiger partial charge in [0.25, 0.3) is 0 Å². The van der Waals surface area contributed by atoms with Crippen LogP contribution in [0.1, 0.15) is 12.8 Å². The van der Waals surface area contributed by atoms with E-state index in [-0.39, 0.29) is 35.4 Å². The van der Waals surface area contributed by atoms with Crippen molar-refractivity contribution >= 4 is 37.6 Å². The summed E-state index contributed by atoms with van der Waals surface area (Å²) in [7, 11) is -7.28. The molecule has 2 aliphatic rings. The molecule has 0 spiro atoms. The predicted molar refractivity (Wildman–Crippen MR) is 137 cm³/mol. The Morgan fingerprint density at radius 1 is 0.919 bits per heavy atom. The van der Waals surface area contributed by atoms with Gasteiger partial charge >= 0.3 is 0 Å². The van der Waals surface area contributed by atoms with Crippen molar-refractivity contribution in [3.05, 3.63) is 53.6 Å². The van der Waals surface area contributed by atoms with Crippen molar-refractivity contribution in [3.63, 3.8) is 0 Å². The van der Waals surface area contributed by atoms with Crippen LogP contribution in [-0.2, 0) is 29.6 Å². The molecular formula is C24H30ClN3O7S2. The molecule has 1 N–H and O–H groups in total. The number of piperidine rings is 1. The number of benzene rings is 2. The molecule has 0 bridgehead atoms. The highest BCUT2D eigenvalue weighted by atomic mass is 35.5. The first-order valence-electron chi connectivity index (χ1n) is 12.0. The van der Waals surface area contributed by atoms with Crippen LogP contribution in [0.3, 0.4) is 0 Å². The highest BCUT2D eigenvalue weighted by molar-refractivity contribution is 7.89. The molecule has 0 saturated carbocycles. The summed E-state index contributed by atoms with van der Waals surface area (Å²) in [4.78, 5) is 13.0. The Labute approximate surface area is 222 Å². The summed E-state index contributed by atoms with van der Waals surface area (Å²) in [6, 6.07) is 12.1. The molecule has 0 aliphatic carbocycles. The van der Waals surface area contributed by atoms with Gasteiger partial charge < -0.3 is 14.8 Å².